The summed E-state index contributed by atoms with van der Waals surface area (Å²) >= 11 is 0. The number of ether oxygens (including phenoxy) is 3. The first-order valence-corrected chi connectivity index (χ1v) is 7.72. The van der Waals surface area contributed by atoms with Gasteiger partial charge in [0.25, 0.3) is 0 Å². The third-order valence-corrected chi connectivity index (χ3v) is 2.80. The second-order valence-electron chi connectivity index (χ2n) is 4.51. The molecule has 21 heavy (non-hydrogen) atoms. The fourth-order valence-electron chi connectivity index (χ4n) is 1.79. The Morgan fingerprint density at radius 2 is 1.24 bits per heavy atom. The smallest absolute Gasteiger partial charge is 0.0887 e. The summed E-state index contributed by atoms with van der Waals surface area (Å²) < 4.78 is 16.3. The van der Waals surface area contributed by atoms with Crippen molar-refractivity contribution in [3.05, 3.63) is 24.7 Å². The van der Waals surface area contributed by atoms with Crippen molar-refractivity contribution in [2.45, 2.75) is 51.7 Å². The number of hydrogen-bond donors (Lipinski definition) is 2. The third kappa shape index (κ3) is 12.6. The van der Waals surface area contributed by atoms with Crippen LogP contribution >= 0.6 is 0 Å². The van der Waals surface area contributed by atoms with Crippen LogP contribution in [0.2, 0.25) is 0 Å². The summed E-state index contributed by atoms with van der Waals surface area (Å²) in [4.78, 5) is 0. The summed E-state index contributed by atoms with van der Waals surface area (Å²) in [6.07, 6.45) is 9.74. The zero-order valence-electron chi connectivity index (χ0n) is 13.2. The van der Waals surface area contributed by atoms with Gasteiger partial charge in [-0.1, -0.05) is 0 Å². The minimum absolute atomic E-state index is 0.0346. The molecule has 0 aromatic rings. The average molecular weight is 302 g/mol. The van der Waals surface area contributed by atoms with Crippen LogP contribution in [-0.4, -0.2) is 48.8 Å². The molecule has 0 aromatic heterocycles. The highest BCUT2D eigenvalue weighted by Crippen LogP contribution is 2.06. The monoisotopic (exact) mass is 302 g/mol. The van der Waals surface area contributed by atoms with Crippen molar-refractivity contribution in [2.24, 2.45) is 0 Å². The molecule has 0 aliphatic carbocycles. The predicted octanol–water partition coefficient (Wildman–Crippen LogP) is 2.39. The van der Waals surface area contributed by atoms with Gasteiger partial charge in [0.1, 0.15) is 0 Å². The first-order valence-electron chi connectivity index (χ1n) is 7.72. The van der Waals surface area contributed by atoms with Crippen LogP contribution in [0.3, 0.4) is 0 Å². The van der Waals surface area contributed by atoms with Gasteiger partial charge in [-0.05, 0) is 51.7 Å². The van der Waals surface area contributed by atoms with E-state index in [0.29, 0.717) is 26.1 Å². The summed E-state index contributed by atoms with van der Waals surface area (Å²) in [6, 6.07) is 0. The van der Waals surface area contributed by atoms with E-state index in [4.69, 9.17) is 24.4 Å². The molecule has 0 aliphatic heterocycles. The minimum atomic E-state index is -0.0346. The minimum Gasteiger partial charge on any atom is -0.473 e. The zero-order chi connectivity index (χ0) is 15.8. The Kier molecular flexibility index (Phi) is 14.9. The molecule has 5 nitrogen and oxygen atoms in total. The van der Waals surface area contributed by atoms with E-state index >= 15 is 0 Å². The highest BCUT2D eigenvalue weighted by atomic mass is 16.5. The van der Waals surface area contributed by atoms with Gasteiger partial charge < -0.3 is 24.4 Å². The molecule has 2 unspecified atom stereocenters. The topological polar surface area (TPSA) is 68.2 Å². The molecule has 124 valence electrons. The van der Waals surface area contributed by atoms with Crippen molar-refractivity contribution < 1.29 is 24.4 Å². The van der Waals surface area contributed by atoms with Gasteiger partial charge in [0, 0.05) is 26.4 Å². The van der Waals surface area contributed by atoms with E-state index in [1.165, 1.54) is 0 Å². The predicted molar refractivity (Wildman–Crippen MR) is 82.8 cm³/mol. The molecular weight excluding hydrogens is 272 g/mol. The molecule has 0 aromatic carbocycles. The molecule has 0 aliphatic rings. The Morgan fingerprint density at radius 1 is 0.810 bits per heavy atom. The van der Waals surface area contributed by atoms with E-state index in [1.54, 1.807) is 12.5 Å². The first kappa shape index (κ1) is 20.1. The molecule has 0 bridgehead atoms. The molecule has 2 N–H and O–H groups in total. The Balaban J connectivity index is 4.08. The fourth-order valence-corrected chi connectivity index (χ4v) is 1.79. The molecule has 0 spiro atoms. The number of aliphatic hydroxyl groups excluding tert-OH is 2. The van der Waals surface area contributed by atoms with E-state index in [2.05, 4.69) is 0 Å². The van der Waals surface area contributed by atoms with Crippen molar-refractivity contribution in [2.75, 3.05) is 26.4 Å². The summed E-state index contributed by atoms with van der Waals surface area (Å²) in [5, 5.41) is 17.6. The lowest BCUT2D eigenvalue weighted by atomic mass is 10.2. The first-order chi connectivity index (χ1) is 10.3. The number of hydrogen-bond acceptors (Lipinski definition) is 5. The van der Waals surface area contributed by atoms with Crippen LogP contribution in [0.4, 0.5) is 0 Å². The van der Waals surface area contributed by atoms with Crippen LogP contribution in [-0.2, 0) is 14.2 Å². The van der Waals surface area contributed by atoms with Gasteiger partial charge >= 0.3 is 0 Å². The van der Waals surface area contributed by atoms with Crippen LogP contribution in [0.15, 0.2) is 24.7 Å². The van der Waals surface area contributed by atoms with Gasteiger partial charge in [-0.25, -0.2) is 0 Å². The molecule has 0 fully saturated rings. The van der Waals surface area contributed by atoms with Crippen molar-refractivity contribution in [1.82, 2.24) is 0 Å². The Bertz CT molecular complexity index is 239. The average Bonchev–Trinajstić information content (AvgIpc) is 2.49. The second kappa shape index (κ2) is 15.5. The molecule has 0 heterocycles. The maximum Gasteiger partial charge on any atom is 0.0887 e. The van der Waals surface area contributed by atoms with Crippen LogP contribution in [0, 0.1) is 0 Å². The van der Waals surface area contributed by atoms with E-state index in [1.807, 2.05) is 26.0 Å². The van der Waals surface area contributed by atoms with Gasteiger partial charge in [0.2, 0.25) is 0 Å². The standard InChI is InChI=1S/C16H30O5/c1-3-20-15(7-5-11-17)9-13-19-14-10-16(21-4-2)8-6-12-18/h9-10,13-18H,3-8,11-12H2,1-2H3. The van der Waals surface area contributed by atoms with E-state index in [0.717, 1.165) is 12.8 Å². The molecular formula is C16H30O5. The highest BCUT2D eigenvalue weighted by molar-refractivity contribution is 4.89. The van der Waals surface area contributed by atoms with Gasteiger partial charge in [-0.15, -0.1) is 0 Å². The fraction of sp³-hybridized carbons (Fsp3) is 0.750. The van der Waals surface area contributed by atoms with E-state index < -0.39 is 0 Å². The summed E-state index contributed by atoms with van der Waals surface area (Å²) in [7, 11) is 0. The second-order valence-corrected chi connectivity index (χ2v) is 4.51. The van der Waals surface area contributed by atoms with Crippen molar-refractivity contribution in [3.63, 3.8) is 0 Å². The van der Waals surface area contributed by atoms with Gasteiger partial charge in [-0.2, -0.15) is 0 Å². The van der Waals surface area contributed by atoms with Crippen molar-refractivity contribution in [1.29, 1.82) is 0 Å². The lowest BCUT2D eigenvalue weighted by molar-refractivity contribution is 0.0811. The van der Waals surface area contributed by atoms with Crippen LogP contribution < -0.4 is 0 Å². The Labute approximate surface area is 128 Å². The highest BCUT2D eigenvalue weighted by Gasteiger charge is 2.04. The quantitative estimate of drug-likeness (QED) is 0.482. The molecule has 0 amide bonds. The molecule has 5 heteroatoms. The van der Waals surface area contributed by atoms with Gasteiger partial charge in [0.15, 0.2) is 0 Å². The Hall–Kier alpha value is -0.880. The van der Waals surface area contributed by atoms with Gasteiger partial charge in [0.05, 0.1) is 24.7 Å². The largest absolute Gasteiger partial charge is 0.473 e. The lowest BCUT2D eigenvalue weighted by Crippen LogP contribution is -2.11. The van der Waals surface area contributed by atoms with Crippen molar-refractivity contribution >= 4 is 0 Å². The normalized spacial score (nSPS) is 14.9. The molecule has 0 saturated carbocycles. The van der Waals surface area contributed by atoms with Crippen molar-refractivity contribution in [3.8, 4) is 0 Å². The summed E-state index contributed by atoms with van der Waals surface area (Å²) in [6.45, 7) is 5.47. The van der Waals surface area contributed by atoms with Crippen LogP contribution in [0.25, 0.3) is 0 Å². The molecule has 2 atom stereocenters. The molecule has 0 saturated heterocycles. The van der Waals surface area contributed by atoms with E-state index in [9.17, 15) is 0 Å². The number of rotatable bonds is 14. The molecule has 0 radical (unpaired) electrons. The number of aliphatic hydroxyl groups is 2. The van der Waals surface area contributed by atoms with Gasteiger partial charge in [-0.3, -0.25) is 0 Å². The maximum absolute atomic E-state index is 8.82. The molecule has 0 rings (SSSR count). The van der Waals surface area contributed by atoms with Crippen LogP contribution in [0.1, 0.15) is 39.5 Å². The maximum atomic E-state index is 8.82. The third-order valence-electron chi connectivity index (χ3n) is 2.80. The van der Waals surface area contributed by atoms with E-state index in [-0.39, 0.29) is 25.4 Å². The SMILES string of the molecule is CCOC(C=COC=CC(CCCO)OCC)CCCO. The summed E-state index contributed by atoms with van der Waals surface area (Å²) in [5.41, 5.74) is 0. The lowest BCUT2D eigenvalue weighted by Gasteiger charge is -2.12. The summed E-state index contributed by atoms with van der Waals surface area (Å²) in [5.74, 6) is 0. The van der Waals surface area contributed by atoms with Crippen LogP contribution in [0.5, 0.6) is 0 Å². The zero-order valence-corrected chi connectivity index (χ0v) is 13.2. The Morgan fingerprint density at radius 3 is 1.57 bits per heavy atom.